The van der Waals surface area contributed by atoms with Crippen molar-refractivity contribution < 1.29 is 23.8 Å². The van der Waals surface area contributed by atoms with Crippen LogP contribution in [0.4, 0.5) is 0 Å². The lowest BCUT2D eigenvalue weighted by atomic mass is 9.77. The lowest BCUT2D eigenvalue weighted by molar-refractivity contribution is -0.187. The van der Waals surface area contributed by atoms with E-state index in [1.807, 2.05) is 20.8 Å². The first kappa shape index (κ1) is 22.4. The fourth-order valence-electron chi connectivity index (χ4n) is 4.21. The second kappa shape index (κ2) is 10.1. The molecule has 0 heterocycles. The van der Waals surface area contributed by atoms with E-state index in [1.54, 1.807) is 14.0 Å². The number of hydrogen-bond acceptors (Lipinski definition) is 5. The second-order valence-corrected chi connectivity index (χ2v) is 7.97. The molecule has 2 rings (SSSR count). The summed E-state index contributed by atoms with van der Waals surface area (Å²) in [5, 5.41) is 0. The SMILES string of the molecule is CCOC(=O)C1(OC(=O)Cc2c(C)cc(C)cc2C)CCC(CCOC)CC1. The first-order valence-corrected chi connectivity index (χ1v) is 10.3. The summed E-state index contributed by atoms with van der Waals surface area (Å²) >= 11 is 0. The lowest BCUT2D eigenvalue weighted by Gasteiger charge is -2.37. The van der Waals surface area contributed by atoms with Crippen LogP contribution in [0.15, 0.2) is 12.1 Å². The number of rotatable bonds is 8. The molecule has 0 atom stereocenters. The molecule has 0 bridgehead atoms. The molecule has 156 valence electrons. The van der Waals surface area contributed by atoms with Crippen LogP contribution < -0.4 is 0 Å². The van der Waals surface area contributed by atoms with Crippen molar-refractivity contribution in [3.8, 4) is 0 Å². The van der Waals surface area contributed by atoms with Crippen molar-refractivity contribution in [3.63, 3.8) is 0 Å². The molecule has 0 aromatic heterocycles. The monoisotopic (exact) mass is 390 g/mol. The van der Waals surface area contributed by atoms with Crippen LogP contribution in [-0.4, -0.2) is 37.9 Å². The third-order valence-corrected chi connectivity index (χ3v) is 5.76. The van der Waals surface area contributed by atoms with Crippen molar-refractivity contribution in [1.82, 2.24) is 0 Å². The van der Waals surface area contributed by atoms with Crippen molar-refractivity contribution in [2.24, 2.45) is 5.92 Å². The third kappa shape index (κ3) is 5.57. The molecule has 0 radical (unpaired) electrons. The van der Waals surface area contributed by atoms with Crippen molar-refractivity contribution in [2.45, 2.75) is 71.8 Å². The smallest absolute Gasteiger partial charge is 0.350 e. The molecule has 1 aromatic carbocycles. The molecule has 5 nitrogen and oxygen atoms in total. The zero-order chi connectivity index (χ0) is 20.7. The average molecular weight is 391 g/mol. The molecule has 0 unspecified atom stereocenters. The van der Waals surface area contributed by atoms with Crippen LogP contribution in [-0.2, 0) is 30.2 Å². The normalized spacial score (nSPS) is 22.0. The average Bonchev–Trinajstić information content (AvgIpc) is 2.64. The Morgan fingerprint density at radius 2 is 1.71 bits per heavy atom. The Balaban J connectivity index is 2.11. The van der Waals surface area contributed by atoms with Gasteiger partial charge in [-0.05, 0) is 82.4 Å². The van der Waals surface area contributed by atoms with Gasteiger partial charge in [-0.25, -0.2) is 4.79 Å². The van der Waals surface area contributed by atoms with Crippen LogP contribution in [0.2, 0.25) is 0 Å². The second-order valence-electron chi connectivity index (χ2n) is 7.97. The van der Waals surface area contributed by atoms with Gasteiger partial charge in [0.2, 0.25) is 5.60 Å². The van der Waals surface area contributed by atoms with Gasteiger partial charge in [0, 0.05) is 13.7 Å². The molecule has 1 aromatic rings. The number of esters is 2. The summed E-state index contributed by atoms with van der Waals surface area (Å²) < 4.78 is 16.3. The van der Waals surface area contributed by atoms with Crippen LogP contribution in [0.25, 0.3) is 0 Å². The van der Waals surface area contributed by atoms with E-state index >= 15 is 0 Å². The summed E-state index contributed by atoms with van der Waals surface area (Å²) in [7, 11) is 1.70. The van der Waals surface area contributed by atoms with E-state index in [9.17, 15) is 9.59 Å². The van der Waals surface area contributed by atoms with Crippen molar-refractivity contribution in [1.29, 1.82) is 0 Å². The van der Waals surface area contributed by atoms with Gasteiger partial charge in [0.15, 0.2) is 0 Å². The third-order valence-electron chi connectivity index (χ3n) is 5.76. The molecule has 0 N–H and O–H groups in total. The van der Waals surface area contributed by atoms with Crippen molar-refractivity contribution in [2.75, 3.05) is 20.3 Å². The summed E-state index contributed by atoms with van der Waals surface area (Å²) in [4.78, 5) is 25.5. The summed E-state index contributed by atoms with van der Waals surface area (Å²) in [5.74, 6) is -0.285. The summed E-state index contributed by atoms with van der Waals surface area (Å²) in [6.45, 7) is 8.82. The molecule has 0 saturated heterocycles. The molecule has 1 fully saturated rings. The van der Waals surface area contributed by atoms with Crippen molar-refractivity contribution in [3.05, 3.63) is 34.4 Å². The van der Waals surface area contributed by atoms with Gasteiger partial charge in [0.05, 0.1) is 13.0 Å². The molecule has 0 spiro atoms. The topological polar surface area (TPSA) is 61.8 Å². The molecule has 1 aliphatic carbocycles. The predicted molar refractivity (Wildman–Crippen MR) is 108 cm³/mol. The summed E-state index contributed by atoms with van der Waals surface area (Å²) in [6.07, 6.45) is 3.82. The molecule has 0 amide bonds. The zero-order valence-corrected chi connectivity index (χ0v) is 17.9. The minimum absolute atomic E-state index is 0.173. The van der Waals surface area contributed by atoms with Crippen LogP contribution in [0.3, 0.4) is 0 Å². The highest BCUT2D eigenvalue weighted by Crippen LogP contribution is 2.38. The molecule has 5 heteroatoms. The molecule has 28 heavy (non-hydrogen) atoms. The minimum atomic E-state index is -1.15. The number of benzene rings is 1. The number of ether oxygens (including phenoxy) is 3. The van der Waals surface area contributed by atoms with Crippen LogP contribution in [0.5, 0.6) is 0 Å². The van der Waals surface area contributed by atoms with E-state index in [0.29, 0.717) is 25.4 Å². The number of methoxy groups -OCH3 is 1. The maximum atomic E-state index is 12.8. The predicted octanol–water partition coefficient (Wildman–Crippen LogP) is 4.23. The van der Waals surface area contributed by atoms with Gasteiger partial charge in [-0.3, -0.25) is 4.79 Å². The van der Waals surface area contributed by atoms with Crippen molar-refractivity contribution >= 4 is 11.9 Å². The molecule has 0 aliphatic heterocycles. The van der Waals surface area contributed by atoms with Gasteiger partial charge in [-0.2, -0.15) is 0 Å². The maximum absolute atomic E-state index is 12.8. The van der Waals surface area contributed by atoms with Crippen LogP contribution in [0.1, 0.15) is 61.3 Å². The fraction of sp³-hybridized carbons (Fsp3) is 0.652. The van der Waals surface area contributed by atoms with Gasteiger partial charge >= 0.3 is 11.9 Å². The fourth-order valence-corrected chi connectivity index (χ4v) is 4.21. The first-order valence-electron chi connectivity index (χ1n) is 10.3. The van der Waals surface area contributed by atoms with Crippen LogP contribution >= 0.6 is 0 Å². The van der Waals surface area contributed by atoms with E-state index in [1.165, 1.54) is 5.56 Å². The largest absolute Gasteiger partial charge is 0.463 e. The van der Waals surface area contributed by atoms with Gasteiger partial charge in [0.25, 0.3) is 0 Å². The van der Waals surface area contributed by atoms with Gasteiger partial charge < -0.3 is 14.2 Å². The Bertz CT molecular complexity index is 663. The maximum Gasteiger partial charge on any atom is 0.350 e. The molecular weight excluding hydrogens is 356 g/mol. The quantitative estimate of drug-likeness (QED) is 0.622. The highest BCUT2D eigenvalue weighted by molar-refractivity contribution is 5.84. The minimum Gasteiger partial charge on any atom is -0.463 e. The lowest BCUT2D eigenvalue weighted by Crippen LogP contribution is -2.47. The van der Waals surface area contributed by atoms with E-state index < -0.39 is 11.6 Å². The van der Waals surface area contributed by atoms with Gasteiger partial charge in [-0.15, -0.1) is 0 Å². The van der Waals surface area contributed by atoms with Crippen LogP contribution in [0, 0.1) is 26.7 Å². The molecule has 1 aliphatic rings. The number of carbonyl (C=O) groups excluding carboxylic acids is 2. The van der Waals surface area contributed by atoms with E-state index in [2.05, 4.69) is 12.1 Å². The Hall–Kier alpha value is -1.88. The molecule has 1 saturated carbocycles. The zero-order valence-electron chi connectivity index (χ0n) is 17.9. The summed E-state index contributed by atoms with van der Waals surface area (Å²) in [5.41, 5.74) is 3.14. The van der Waals surface area contributed by atoms with E-state index in [0.717, 1.165) is 36.0 Å². The number of hydrogen-bond donors (Lipinski definition) is 0. The Morgan fingerprint density at radius 1 is 1.11 bits per heavy atom. The van der Waals surface area contributed by atoms with Gasteiger partial charge in [-0.1, -0.05) is 17.7 Å². The molecular formula is C23H34O5. The summed E-state index contributed by atoms with van der Waals surface area (Å²) in [6, 6.07) is 4.13. The Kier molecular flexibility index (Phi) is 8.05. The Labute approximate surface area is 168 Å². The first-order chi connectivity index (χ1) is 13.3. The standard InChI is InChI=1S/C23H34O5/c1-6-27-22(25)23(10-7-19(8-11-23)9-12-26-5)28-21(24)15-20-17(3)13-16(2)14-18(20)4/h13-14,19H,6-12,15H2,1-5H3. The van der Waals surface area contributed by atoms with Gasteiger partial charge in [0.1, 0.15) is 0 Å². The van der Waals surface area contributed by atoms with E-state index in [4.69, 9.17) is 14.2 Å². The number of carbonyl (C=O) groups is 2. The Morgan fingerprint density at radius 3 is 2.25 bits per heavy atom. The number of aryl methyl sites for hydroxylation is 3. The van der Waals surface area contributed by atoms with E-state index in [-0.39, 0.29) is 19.0 Å². The highest BCUT2D eigenvalue weighted by Gasteiger charge is 2.46. The highest BCUT2D eigenvalue weighted by atomic mass is 16.6.